The smallest absolute Gasteiger partial charge is 0.366 e. The number of carbonyl (C=O) groups is 1. The van der Waals surface area contributed by atoms with Crippen LogP contribution < -0.4 is 5.73 Å². The molecule has 0 saturated heterocycles. The number of hydrogen-bond donors (Lipinski definition) is 1. The third kappa shape index (κ3) is 3.09. The van der Waals surface area contributed by atoms with Gasteiger partial charge < -0.3 is 10.3 Å². The SMILES string of the molecule is N#Cc1ccccc1Cn1c2cc(C(F)(F)F)c[c]c2c2c(C(N)=O)cccc21. The fourth-order valence-corrected chi connectivity index (χ4v) is 3.53. The largest absolute Gasteiger partial charge is 0.416 e. The molecule has 1 aromatic heterocycles. The Morgan fingerprint density at radius 3 is 2.59 bits per heavy atom. The third-order valence-corrected chi connectivity index (χ3v) is 4.85. The van der Waals surface area contributed by atoms with Crippen LogP contribution in [0.5, 0.6) is 0 Å². The third-order valence-electron chi connectivity index (χ3n) is 4.85. The van der Waals surface area contributed by atoms with E-state index in [1.54, 1.807) is 41.0 Å². The van der Waals surface area contributed by atoms with E-state index in [2.05, 4.69) is 12.1 Å². The number of nitriles is 1. The molecule has 0 aliphatic heterocycles. The summed E-state index contributed by atoms with van der Waals surface area (Å²) in [6, 6.07) is 18.4. The van der Waals surface area contributed by atoms with Crippen molar-refractivity contribution in [3.05, 3.63) is 82.9 Å². The minimum atomic E-state index is -4.54. The van der Waals surface area contributed by atoms with Crippen LogP contribution in [-0.4, -0.2) is 10.5 Å². The predicted molar refractivity (Wildman–Crippen MR) is 102 cm³/mol. The Labute approximate surface area is 163 Å². The van der Waals surface area contributed by atoms with Crippen LogP contribution in [0.15, 0.2) is 54.6 Å². The number of amides is 1. The van der Waals surface area contributed by atoms with Gasteiger partial charge in [0.2, 0.25) is 5.91 Å². The maximum Gasteiger partial charge on any atom is 0.416 e. The summed E-state index contributed by atoms with van der Waals surface area (Å²) < 4.78 is 41.6. The maximum atomic E-state index is 13.3. The van der Waals surface area contributed by atoms with E-state index in [-0.39, 0.29) is 17.6 Å². The van der Waals surface area contributed by atoms with Gasteiger partial charge in [0.25, 0.3) is 0 Å². The molecular formula is C22H13F3N3O. The van der Waals surface area contributed by atoms with E-state index in [1.165, 1.54) is 6.07 Å². The van der Waals surface area contributed by atoms with Gasteiger partial charge in [0.1, 0.15) is 0 Å². The fourth-order valence-electron chi connectivity index (χ4n) is 3.53. The van der Waals surface area contributed by atoms with Crippen molar-refractivity contribution >= 4 is 27.7 Å². The van der Waals surface area contributed by atoms with Gasteiger partial charge in [-0.1, -0.05) is 24.3 Å². The molecule has 2 N–H and O–H groups in total. The zero-order chi connectivity index (χ0) is 20.8. The molecule has 0 bridgehead atoms. The van der Waals surface area contributed by atoms with Gasteiger partial charge in [0, 0.05) is 22.9 Å². The quantitative estimate of drug-likeness (QED) is 0.552. The lowest BCUT2D eigenvalue weighted by molar-refractivity contribution is -0.137. The molecule has 29 heavy (non-hydrogen) atoms. The summed E-state index contributed by atoms with van der Waals surface area (Å²) in [5, 5.41) is 10.2. The molecule has 0 saturated carbocycles. The second-order valence-corrected chi connectivity index (χ2v) is 6.57. The minimum absolute atomic E-state index is 0.154. The van der Waals surface area contributed by atoms with Gasteiger partial charge in [-0.25, -0.2) is 0 Å². The Bertz CT molecular complexity index is 1310. The molecular weight excluding hydrogens is 379 g/mol. The first-order chi connectivity index (χ1) is 13.8. The number of alkyl halides is 3. The number of nitrogens with zero attached hydrogens (tertiary/aromatic N) is 2. The van der Waals surface area contributed by atoms with Gasteiger partial charge in [-0.05, 0) is 42.0 Å². The first-order valence-electron chi connectivity index (χ1n) is 8.63. The van der Waals surface area contributed by atoms with Gasteiger partial charge in [-0.3, -0.25) is 4.79 Å². The highest BCUT2D eigenvalue weighted by Crippen LogP contribution is 2.36. The summed E-state index contributed by atoms with van der Waals surface area (Å²) in [5.41, 5.74) is 6.72. The van der Waals surface area contributed by atoms with E-state index in [0.717, 1.165) is 12.1 Å². The number of aromatic nitrogens is 1. The Hall–Kier alpha value is -3.79. The number of nitrogens with two attached hydrogens (primary N) is 1. The molecule has 0 fully saturated rings. The van der Waals surface area contributed by atoms with Crippen LogP contribution in [0.4, 0.5) is 13.2 Å². The van der Waals surface area contributed by atoms with Crippen LogP contribution in [-0.2, 0) is 12.7 Å². The molecule has 1 heterocycles. The second kappa shape index (κ2) is 6.67. The summed E-state index contributed by atoms with van der Waals surface area (Å²) in [6.07, 6.45) is -4.54. The van der Waals surface area contributed by atoms with Crippen LogP contribution >= 0.6 is 0 Å². The molecule has 1 amide bonds. The van der Waals surface area contributed by atoms with Crippen molar-refractivity contribution < 1.29 is 18.0 Å². The molecule has 0 unspecified atom stereocenters. The Morgan fingerprint density at radius 1 is 1.14 bits per heavy atom. The average Bonchev–Trinajstić information content (AvgIpc) is 3.01. The first-order valence-corrected chi connectivity index (χ1v) is 8.63. The second-order valence-electron chi connectivity index (χ2n) is 6.57. The van der Waals surface area contributed by atoms with Crippen LogP contribution in [0, 0.1) is 17.4 Å². The van der Waals surface area contributed by atoms with Crippen molar-refractivity contribution in [2.24, 2.45) is 5.73 Å². The number of halogens is 3. The predicted octanol–water partition coefficient (Wildman–Crippen LogP) is 4.63. The number of carbonyl (C=O) groups excluding carboxylic acids is 1. The number of benzene rings is 3. The maximum absolute atomic E-state index is 13.3. The Morgan fingerprint density at radius 2 is 1.90 bits per heavy atom. The van der Waals surface area contributed by atoms with Crippen molar-refractivity contribution in [2.45, 2.75) is 12.7 Å². The lowest BCUT2D eigenvalue weighted by Gasteiger charge is -2.11. The highest BCUT2D eigenvalue weighted by molar-refractivity contribution is 6.17. The molecule has 0 spiro atoms. The summed E-state index contributed by atoms with van der Waals surface area (Å²) in [5.74, 6) is -0.680. The van der Waals surface area contributed by atoms with E-state index in [4.69, 9.17) is 5.73 Å². The van der Waals surface area contributed by atoms with Crippen molar-refractivity contribution in [1.82, 2.24) is 4.57 Å². The molecule has 3 aromatic carbocycles. The zero-order valence-electron chi connectivity index (χ0n) is 14.9. The van der Waals surface area contributed by atoms with Crippen LogP contribution in [0.3, 0.4) is 0 Å². The minimum Gasteiger partial charge on any atom is -0.366 e. The molecule has 4 rings (SSSR count). The lowest BCUT2D eigenvalue weighted by Crippen LogP contribution is -2.11. The van der Waals surface area contributed by atoms with Gasteiger partial charge in [0.05, 0.1) is 28.2 Å². The van der Waals surface area contributed by atoms with Gasteiger partial charge in [0.15, 0.2) is 0 Å². The van der Waals surface area contributed by atoms with Gasteiger partial charge in [-0.15, -0.1) is 0 Å². The van der Waals surface area contributed by atoms with Crippen LogP contribution in [0.1, 0.15) is 27.0 Å². The topological polar surface area (TPSA) is 71.8 Å². The van der Waals surface area contributed by atoms with Crippen molar-refractivity contribution in [3.63, 3.8) is 0 Å². The summed E-state index contributed by atoms with van der Waals surface area (Å²) in [7, 11) is 0. The summed E-state index contributed by atoms with van der Waals surface area (Å²) in [4.78, 5) is 11.9. The monoisotopic (exact) mass is 392 g/mol. The van der Waals surface area contributed by atoms with Crippen LogP contribution in [0.2, 0.25) is 0 Å². The van der Waals surface area contributed by atoms with Crippen molar-refractivity contribution in [1.29, 1.82) is 5.26 Å². The van der Waals surface area contributed by atoms with E-state index in [1.807, 2.05) is 0 Å². The Balaban J connectivity index is 2.08. The fraction of sp³-hybridized carbons (Fsp3) is 0.0909. The normalized spacial score (nSPS) is 11.7. The lowest BCUT2D eigenvalue weighted by atomic mass is 10.0. The van der Waals surface area contributed by atoms with Crippen LogP contribution in [0.25, 0.3) is 21.8 Å². The van der Waals surface area contributed by atoms with Crippen molar-refractivity contribution in [3.8, 4) is 6.07 Å². The molecule has 0 aliphatic carbocycles. The number of primary amides is 1. The Kier molecular flexibility index (Phi) is 4.27. The number of fused-ring (bicyclic) bond motifs is 3. The average molecular weight is 392 g/mol. The molecule has 4 nitrogen and oxygen atoms in total. The highest BCUT2D eigenvalue weighted by atomic mass is 19.4. The van der Waals surface area contributed by atoms with Gasteiger partial charge in [-0.2, -0.15) is 18.4 Å². The standard InChI is InChI=1S/C22H13F3N3O/c23-22(24,25)15-8-9-16-19(10-15)28(12-14-5-2-1-4-13(14)11-26)18-7-3-6-17(20(16)18)21(27)29/h1-8,10H,12H2,(H2,27,29). The van der Waals surface area contributed by atoms with E-state index >= 15 is 0 Å². The number of hydrogen-bond acceptors (Lipinski definition) is 2. The van der Waals surface area contributed by atoms with Gasteiger partial charge >= 0.3 is 6.18 Å². The van der Waals surface area contributed by atoms with E-state index in [0.29, 0.717) is 27.4 Å². The molecule has 0 atom stereocenters. The molecule has 4 aromatic rings. The molecule has 7 heteroatoms. The zero-order valence-corrected chi connectivity index (χ0v) is 14.9. The summed E-state index contributed by atoms with van der Waals surface area (Å²) >= 11 is 0. The summed E-state index contributed by atoms with van der Waals surface area (Å²) in [6.45, 7) is 0.154. The van der Waals surface area contributed by atoms with Crippen molar-refractivity contribution in [2.75, 3.05) is 0 Å². The molecule has 143 valence electrons. The highest BCUT2D eigenvalue weighted by Gasteiger charge is 2.31. The first kappa shape index (κ1) is 18.6. The van der Waals surface area contributed by atoms with E-state index < -0.39 is 17.6 Å². The molecule has 0 aliphatic rings. The molecule has 1 radical (unpaired) electrons. The number of rotatable bonds is 3. The van der Waals surface area contributed by atoms with E-state index in [9.17, 15) is 23.2 Å².